The lowest BCUT2D eigenvalue weighted by Gasteiger charge is -2.47. The molecule has 1 heterocycles. The van der Waals surface area contributed by atoms with Crippen LogP contribution in [0.1, 0.15) is 82.6 Å². The summed E-state index contributed by atoms with van der Waals surface area (Å²) in [5.41, 5.74) is 0.541. The molecule has 1 saturated carbocycles. The summed E-state index contributed by atoms with van der Waals surface area (Å²) in [4.78, 5) is 43.1. The third-order valence-electron chi connectivity index (χ3n) is 10.1. The number of phenolic OH excluding ortho intramolecular Hbond substituents is 1. The van der Waals surface area contributed by atoms with E-state index in [0.717, 1.165) is 37.5 Å². The SMILES string of the molecule is CC(C)(C)NC(=O)C1CC2CCCCC2CN1CC(O)C(Cc1ccccc1)NC(=O)C(NC(=O)c1ccc(O)cc1)C(C)(C)S(C)(=O)=O. The number of aromatic hydroxyl groups is 1. The number of piperidine rings is 1. The quantitative estimate of drug-likeness (QED) is 0.226. The predicted octanol–water partition coefficient (Wildman–Crippen LogP) is 3.20. The lowest BCUT2D eigenvalue weighted by atomic mass is 9.72. The van der Waals surface area contributed by atoms with E-state index in [4.69, 9.17) is 0 Å². The minimum absolute atomic E-state index is 0.0501. The fraction of sp³-hybridized carbons (Fsp3) is 0.595. The van der Waals surface area contributed by atoms with Gasteiger partial charge in [-0.15, -0.1) is 0 Å². The lowest BCUT2D eigenvalue weighted by Crippen LogP contribution is -2.64. The van der Waals surface area contributed by atoms with Crippen molar-refractivity contribution in [2.75, 3.05) is 19.3 Å². The highest BCUT2D eigenvalue weighted by Gasteiger charge is 2.46. The van der Waals surface area contributed by atoms with Crippen LogP contribution in [-0.2, 0) is 25.8 Å². The molecule has 6 atom stereocenters. The molecule has 4 rings (SSSR count). The largest absolute Gasteiger partial charge is 0.508 e. The molecule has 270 valence electrons. The summed E-state index contributed by atoms with van der Waals surface area (Å²) in [6.45, 7) is 9.34. The topological polar surface area (TPSA) is 165 Å². The van der Waals surface area contributed by atoms with Crippen LogP contribution in [0.4, 0.5) is 0 Å². The molecular formula is C37H54N4O7S. The van der Waals surface area contributed by atoms with Crippen molar-refractivity contribution in [3.8, 4) is 5.75 Å². The zero-order valence-electron chi connectivity index (χ0n) is 29.6. The molecule has 2 aromatic rings. The smallest absolute Gasteiger partial charge is 0.251 e. The van der Waals surface area contributed by atoms with Gasteiger partial charge in [0.15, 0.2) is 9.84 Å². The molecule has 5 N–H and O–H groups in total. The average Bonchev–Trinajstić information content (AvgIpc) is 3.02. The summed E-state index contributed by atoms with van der Waals surface area (Å²) in [6.07, 6.45) is 5.23. The summed E-state index contributed by atoms with van der Waals surface area (Å²) < 4.78 is 24.3. The van der Waals surface area contributed by atoms with Crippen molar-refractivity contribution < 1.29 is 33.0 Å². The molecule has 1 aliphatic heterocycles. The first kappa shape index (κ1) is 38.3. The van der Waals surface area contributed by atoms with Crippen molar-refractivity contribution in [3.63, 3.8) is 0 Å². The maximum Gasteiger partial charge on any atom is 0.251 e. The van der Waals surface area contributed by atoms with Crippen LogP contribution in [0.5, 0.6) is 5.75 Å². The highest BCUT2D eigenvalue weighted by Crippen LogP contribution is 2.39. The molecule has 1 aliphatic carbocycles. The number of hydrogen-bond donors (Lipinski definition) is 5. The molecule has 2 aromatic carbocycles. The van der Waals surface area contributed by atoms with E-state index in [0.29, 0.717) is 24.8 Å². The summed E-state index contributed by atoms with van der Waals surface area (Å²) in [5, 5.41) is 30.2. The van der Waals surface area contributed by atoms with Gasteiger partial charge in [0.1, 0.15) is 11.8 Å². The number of carbonyl (C=O) groups is 3. The van der Waals surface area contributed by atoms with Gasteiger partial charge in [0.2, 0.25) is 11.8 Å². The summed E-state index contributed by atoms with van der Waals surface area (Å²) in [7, 11) is -3.89. The number of nitrogens with zero attached hydrogens (tertiary/aromatic N) is 1. The Kier molecular flexibility index (Phi) is 12.2. The van der Waals surface area contributed by atoms with Crippen molar-refractivity contribution in [1.82, 2.24) is 20.9 Å². The Balaban J connectivity index is 1.63. The zero-order valence-corrected chi connectivity index (χ0v) is 30.4. The first-order chi connectivity index (χ1) is 22.9. The number of phenols is 1. The molecule has 1 saturated heterocycles. The maximum atomic E-state index is 14.2. The Morgan fingerprint density at radius 3 is 2.12 bits per heavy atom. The van der Waals surface area contributed by atoms with E-state index < -0.39 is 56.2 Å². The number of aliphatic hydroxyl groups excluding tert-OH is 1. The molecule has 3 amide bonds. The number of fused-ring (bicyclic) bond motifs is 1. The number of β-amino-alcohol motifs (C(OH)–C–C–N with tert-alkyl or cyclic N) is 1. The highest BCUT2D eigenvalue weighted by atomic mass is 32.2. The van der Waals surface area contributed by atoms with Crippen LogP contribution in [0.15, 0.2) is 54.6 Å². The molecule has 0 aromatic heterocycles. The van der Waals surface area contributed by atoms with Gasteiger partial charge >= 0.3 is 0 Å². The van der Waals surface area contributed by atoms with Crippen LogP contribution in [0, 0.1) is 11.8 Å². The second-order valence-corrected chi connectivity index (χ2v) is 18.0. The summed E-state index contributed by atoms with van der Waals surface area (Å²) in [6, 6.07) is 11.9. The predicted molar refractivity (Wildman–Crippen MR) is 190 cm³/mol. The fourth-order valence-electron chi connectivity index (χ4n) is 7.01. The van der Waals surface area contributed by atoms with Crippen LogP contribution in [-0.4, -0.2) is 95.1 Å². The minimum atomic E-state index is -3.89. The van der Waals surface area contributed by atoms with Crippen molar-refractivity contribution in [2.45, 2.75) is 108 Å². The van der Waals surface area contributed by atoms with E-state index in [2.05, 4.69) is 16.0 Å². The highest BCUT2D eigenvalue weighted by molar-refractivity contribution is 7.92. The van der Waals surface area contributed by atoms with Crippen LogP contribution in [0.2, 0.25) is 0 Å². The second kappa shape index (κ2) is 15.6. The number of aliphatic hydroxyl groups is 1. The van der Waals surface area contributed by atoms with Crippen LogP contribution in [0.3, 0.4) is 0 Å². The Bertz CT molecular complexity index is 1560. The second-order valence-electron chi connectivity index (χ2n) is 15.5. The maximum absolute atomic E-state index is 14.2. The number of hydrogen-bond acceptors (Lipinski definition) is 8. The molecule has 2 aliphatic rings. The Morgan fingerprint density at radius 1 is 0.918 bits per heavy atom. The van der Waals surface area contributed by atoms with Crippen molar-refractivity contribution in [1.29, 1.82) is 0 Å². The van der Waals surface area contributed by atoms with Crippen LogP contribution in [0.25, 0.3) is 0 Å². The molecule has 49 heavy (non-hydrogen) atoms. The first-order valence-corrected chi connectivity index (χ1v) is 19.1. The van der Waals surface area contributed by atoms with Crippen molar-refractivity contribution in [3.05, 3.63) is 65.7 Å². The number of carbonyl (C=O) groups excluding carboxylic acids is 3. The third kappa shape index (κ3) is 10.0. The van der Waals surface area contributed by atoms with E-state index >= 15 is 0 Å². The average molecular weight is 699 g/mol. The molecule has 12 heteroatoms. The van der Waals surface area contributed by atoms with Gasteiger partial charge in [0, 0.05) is 30.4 Å². The molecule has 0 bridgehead atoms. The van der Waals surface area contributed by atoms with E-state index in [1.807, 2.05) is 56.0 Å². The van der Waals surface area contributed by atoms with Crippen LogP contribution < -0.4 is 16.0 Å². The molecule has 6 unspecified atom stereocenters. The monoisotopic (exact) mass is 698 g/mol. The van der Waals surface area contributed by atoms with Crippen molar-refractivity contribution in [2.24, 2.45) is 11.8 Å². The molecule has 0 radical (unpaired) electrons. The van der Waals surface area contributed by atoms with Gasteiger partial charge < -0.3 is 26.2 Å². The normalized spacial score (nSPS) is 22.2. The Morgan fingerprint density at radius 2 is 1.53 bits per heavy atom. The number of sulfone groups is 1. The van der Waals surface area contributed by atoms with Gasteiger partial charge in [0.05, 0.1) is 22.9 Å². The summed E-state index contributed by atoms with van der Waals surface area (Å²) in [5.74, 6) is -0.744. The van der Waals surface area contributed by atoms with Gasteiger partial charge in [-0.25, -0.2) is 8.42 Å². The molecular weight excluding hydrogens is 644 g/mol. The summed E-state index contributed by atoms with van der Waals surface area (Å²) >= 11 is 0. The number of likely N-dealkylation sites (tertiary alicyclic amines) is 1. The van der Waals surface area contributed by atoms with Gasteiger partial charge in [-0.2, -0.15) is 0 Å². The number of benzene rings is 2. The molecule has 0 spiro atoms. The van der Waals surface area contributed by atoms with E-state index in [1.54, 1.807) is 0 Å². The first-order valence-electron chi connectivity index (χ1n) is 17.2. The number of nitrogens with one attached hydrogen (secondary N) is 3. The van der Waals surface area contributed by atoms with Gasteiger partial charge in [-0.3, -0.25) is 19.3 Å². The number of rotatable bonds is 12. The van der Waals surface area contributed by atoms with Crippen LogP contribution >= 0.6 is 0 Å². The molecule has 11 nitrogen and oxygen atoms in total. The minimum Gasteiger partial charge on any atom is -0.508 e. The third-order valence-corrected chi connectivity index (χ3v) is 12.3. The van der Waals surface area contributed by atoms with E-state index in [9.17, 15) is 33.0 Å². The van der Waals surface area contributed by atoms with Gasteiger partial charge in [-0.05, 0) is 95.5 Å². The Hall–Kier alpha value is -3.48. The van der Waals surface area contributed by atoms with Gasteiger partial charge in [0.25, 0.3) is 5.91 Å². The van der Waals surface area contributed by atoms with E-state index in [-0.39, 0.29) is 30.2 Å². The van der Waals surface area contributed by atoms with E-state index in [1.165, 1.54) is 38.1 Å². The zero-order chi connectivity index (χ0) is 36.1. The number of amides is 3. The molecule has 2 fully saturated rings. The standard InChI is InChI=1S/C37H54N4O7S/c1-36(2,3)40-34(45)30-21-26-14-10-11-15-27(26)22-41(30)23-31(43)29(20-24-12-8-7-9-13-24)38-35(46)32(37(4,5)49(6,47)48)39-33(44)25-16-18-28(42)19-17-25/h7-9,12-13,16-19,26-27,29-32,42-43H,10-11,14-15,20-23H2,1-6H3,(H,38,46)(H,39,44)(H,40,45). The fourth-order valence-corrected chi connectivity index (χ4v) is 7.60. The van der Waals surface area contributed by atoms with Gasteiger partial charge in [-0.1, -0.05) is 49.6 Å². The lowest BCUT2D eigenvalue weighted by molar-refractivity contribution is -0.133. The van der Waals surface area contributed by atoms with Crippen molar-refractivity contribution >= 4 is 27.6 Å². The Labute approximate surface area is 291 Å².